The smallest absolute Gasteiger partial charge is 0.133 e. The van der Waals surface area contributed by atoms with Gasteiger partial charge in [-0.2, -0.15) is 0 Å². The molecule has 0 bridgehead atoms. The van der Waals surface area contributed by atoms with E-state index in [-0.39, 0.29) is 5.75 Å². The van der Waals surface area contributed by atoms with Gasteiger partial charge in [-0.3, -0.25) is 9.88 Å². The van der Waals surface area contributed by atoms with Crippen LogP contribution in [0.15, 0.2) is 18.3 Å². The first-order chi connectivity index (χ1) is 8.83. The Bertz CT molecular complexity index is 393. The monoisotopic (exact) mass is 247 g/mol. The molecule has 0 saturated carbocycles. The predicted octanol–water partition coefficient (Wildman–Crippen LogP) is 1.50. The maximum atomic E-state index is 9.20. The minimum absolute atomic E-state index is 0.234. The van der Waals surface area contributed by atoms with E-state index in [1.54, 1.807) is 6.07 Å². The van der Waals surface area contributed by atoms with E-state index >= 15 is 0 Å². The average molecular weight is 247 g/mol. The van der Waals surface area contributed by atoms with Crippen LogP contribution in [-0.2, 0) is 6.54 Å². The van der Waals surface area contributed by atoms with E-state index in [2.05, 4.69) is 15.2 Å². The van der Waals surface area contributed by atoms with E-state index in [0.29, 0.717) is 6.04 Å². The van der Waals surface area contributed by atoms with E-state index in [1.165, 1.54) is 45.0 Å². The van der Waals surface area contributed by atoms with Crippen molar-refractivity contribution in [3.63, 3.8) is 0 Å². The summed E-state index contributed by atoms with van der Waals surface area (Å²) in [5, 5.41) is 12.8. The maximum Gasteiger partial charge on any atom is 0.133 e. The number of hydrogen-bond acceptors (Lipinski definition) is 4. The normalized spacial score (nSPS) is 28.2. The van der Waals surface area contributed by atoms with Crippen molar-refractivity contribution < 1.29 is 5.11 Å². The number of aromatic hydroxyl groups is 1. The van der Waals surface area contributed by atoms with E-state index in [1.807, 2.05) is 6.07 Å². The number of piperidine rings is 1. The molecule has 0 amide bonds. The third kappa shape index (κ3) is 2.49. The molecule has 2 fully saturated rings. The van der Waals surface area contributed by atoms with Gasteiger partial charge >= 0.3 is 0 Å². The van der Waals surface area contributed by atoms with Crippen LogP contribution < -0.4 is 5.32 Å². The molecular weight excluding hydrogens is 226 g/mol. The fraction of sp³-hybridized carbons (Fsp3) is 0.643. The predicted molar refractivity (Wildman–Crippen MR) is 70.4 cm³/mol. The quantitative estimate of drug-likeness (QED) is 0.850. The molecule has 2 N–H and O–H groups in total. The highest BCUT2D eigenvalue weighted by molar-refractivity contribution is 5.17. The Morgan fingerprint density at radius 3 is 3.06 bits per heavy atom. The first-order valence-corrected chi connectivity index (χ1v) is 6.94. The molecule has 3 rings (SSSR count). The van der Waals surface area contributed by atoms with Gasteiger partial charge in [-0.05, 0) is 37.9 Å². The molecule has 3 heterocycles. The zero-order valence-electron chi connectivity index (χ0n) is 10.7. The van der Waals surface area contributed by atoms with Crippen LogP contribution >= 0.6 is 0 Å². The lowest BCUT2D eigenvalue weighted by Gasteiger charge is -2.32. The highest BCUT2D eigenvalue weighted by atomic mass is 16.3. The summed E-state index contributed by atoms with van der Waals surface area (Å²) in [5.74, 6) is 0.234. The molecule has 18 heavy (non-hydrogen) atoms. The first kappa shape index (κ1) is 11.9. The molecule has 2 unspecified atom stereocenters. The van der Waals surface area contributed by atoms with Crippen molar-refractivity contribution in [1.29, 1.82) is 0 Å². The van der Waals surface area contributed by atoms with Crippen LogP contribution in [0.3, 0.4) is 0 Å². The van der Waals surface area contributed by atoms with E-state index in [4.69, 9.17) is 0 Å². The topological polar surface area (TPSA) is 48.4 Å². The molecule has 2 atom stereocenters. The summed E-state index contributed by atoms with van der Waals surface area (Å²) in [5.41, 5.74) is 1.00. The largest absolute Gasteiger partial charge is 0.506 e. The molecule has 4 nitrogen and oxygen atoms in total. The average Bonchev–Trinajstić information content (AvgIpc) is 2.82. The van der Waals surface area contributed by atoms with Gasteiger partial charge in [0.05, 0.1) is 11.9 Å². The maximum absolute atomic E-state index is 9.20. The molecule has 0 spiro atoms. The second-order valence-electron chi connectivity index (χ2n) is 5.38. The van der Waals surface area contributed by atoms with Crippen LogP contribution in [0.4, 0.5) is 0 Å². The van der Waals surface area contributed by atoms with Crippen molar-refractivity contribution in [3.05, 3.63) is 24.0 Å². The fourth-order valence-corrected chi connectivity index (χ4v) is 3.24. The van der Waals surface area contributed by atoms with E-state index < -0.39 is 0 Å². The van der Waals surface area contributed by atoms with Crippen LogP contribution in [-0.4, -0.2) is 40.2 Å². The van der Waals surface area contributed by atoms with Gasteiger partial charge in [0.25, 0.3) is 0 Å². The summed E-state index contributed by atoms with van der Waals surface area (Å²) in [6, 6.07) is 4.93. The number of rotatable bonds is 3. The van der Waals surface area contributed by atoms with Crippen molar-refractivity contribution in [1.82, 2.24) is 15.2 Å². The third-order valence-corrected chi connectivity index (χ3v) is 4.21. The summed E-state index contributed by atoms with van der Waals surface area (Å²) in [7, 11) is 0. The third-order valence-electron chi connectivity index (χ3n) is 4.21. The minimum Gasteiger partial charge on any atom is -0.506 e. The zero-order valence-corrected chi connectivity index (χ0v) is 10.7. The minimum atomic E-state index is 0.234. The molecule has 0 aromatic carbocycles. The number of hydrogen-bond donors (Lipinski definition) is 2. The Morgan fingerprint density at radius 2 is 2.22 bits per heavy atom. The Labute approximate surface area is 108 Å². The number of aromatic nitrogens is 1. The summed E-state index contributed by atoms with van der Waals surface area (Å²) < 4.78 is 0. The van der Waals surface area contributed by atoms with Gasteiger partial charge in [0.15, 0.2) is 0 Å². The van der Waals surface area contributed by atoms with Gasteiger partial charge in [0, 0.05) is 25.2 Å². The lowest BCUT2D eigenvalue weighted by Crippen LogP contribution is -2.44. The molecule has 0 radical (unpaired) electrons. The van der Waals surface area contributed by atoms with Crippen molar-refractivity contribution in [3.8, 4) is 5.75 Å². The first-order valence-electron chi connectivity index (χ1n) is 6.94. The molecule has 2 aliphatic heterocycles. The van der Waals surface area contributed by atoms with Crippen molar-refractivity contribution in [2.24, 2.45) is 0 Å². The molecule has 4 heteroatoms. The van der Waals surface area contributed by atoms with Crippen LogP contribution in [0.5, 0.6) is 5.75 Å². The molecule has 98 valence electrons. The Morgan fingerprint density at radius 1 is 1.28 bits per heavy atom. The standard InChI is InChI=1S/C14H21N3O/c18-12-5-4-11(15-10-12)9-16-13-6-8-17-7-2-1-3-14(13)17/h4-5,10,13-14,16,18H,1-3,6-9H2. The molecule has 2 aliphatic rings. The second kappa shape index (κ2) is 5.24. The molecule has 1 aromatic heterocycles. The number of nitrogens with zero attached hydrogens (tertiary/aromatic N) is 2. The van der Waals surface area contributed by atoms with Gasteiger partial charge in [-0.15, -0.1) is 0 Å². The summed E-state index contributed by atoms with van der Waals surface area (Å²) in [4.78, 5) is 6.85. The van der Waals surface area contributed by atoms with Gasteiger partial charge < -0.3 is 10.4 Å². The van der Waals surface area contributed by atoms with Crippen LogP contribution in [0.25, 0.3) is 0 Å². The molecular formula is C14H21N3O. The Kier molecular flexibility index (Phi) is 3.48. The SMILES string of the molecule is Oc1ccc(CNC2CCN3CCCCC23)nc1. The summed E-state index contributed by atoms with van der Waals surface area (Å²) >= 11 is 0. The summed E-state index contributed by atoms with van der Waals surface area (Å²) in [6.07, 6.45) is 6.83. The van der Waals surface area contributed by atoms with Gasteiger partial charge in [0.2, 0.25) is 0 Å². The highest BCUT2D eigenvalue weighted by Crippen LogP contribution is 2.27. The van der Waals surface area contributed by atoms with Crippen LogP contribution in [0.1, 0.15) is 31.4 Å². The van der Waals surface area contributed by atoms with Crippen molar-refractivity contribution >= 4 is 0 Å². The second-order valence-corrected chi connectivity index (χ2v) is 5.38. The Balaban J connectivity index is 1.55. The lowest BCUT2D eigenvalue weighted by molar-refractivity contribution is 0.180. The molecule has 1 aromatic rings. The van der Waals surface area contributed by atoms with E-state index in [9.17, 15) is 5.11 Å². The molecule has 2 saturated heterocycles. The number of pyridine rings is 1. The zero-order chi connectivity index (χ0) is 12.4. The summed E-state index contributed by atoms with van der Waals surface area (Å²) in [6.45, 7) is 3.32. The van der Waals surface area contributed by atoms with Crippen LogP contribution in [0.2, 0.25) is 0 Å². The molecule has 0 aliphatic carbocycles. The van der Waals surface area contributed by atoms with E-state index in [0.717, 1.165) is 18.3 Å². The number of nitrogens with one attached hydrogen (secondary N) is 1. The number of fused-ring (bicyclic) bond motifs is 1. The fourth-order valence-electron chi connectivity index (χ4n) is 3.24. The Hall–Kier alpha value is -1.13. The van der Waals surface area contributed by atoms with Crippen molar-refractivity contribution in [2.45, 2.75) is 44.3 Å². The van der Waals surface area contributed by atoms with Gasteiger partial charge in [0.1, 0.15) is 5.75 Å². The van der Waals surface area contributed by atoms with Crippen molar-refractivity contribution in [2.75, 3.05) is 13.1 Å². The van der Waals surface area contributed by atoms with Gasteiger partial charge in [-0.25, -0.2) is 0 Å². The lowest BCUT2D eigenvalue weighted by atomic mass is 9.99. The van der Waals surface area contributed by atoms with Crippen LogP contribution in [0, 0.1) is 0 Å². The highest BCUT2D eigenvalue weighted by Gasteiger charge is 2.34. The van der Waals surface area contributed by atoms with Gasteiger partial charge in [-0.1, -0.05) is 6.42 Å².